The Bertz CT molecular complexity index is 350. The van der Waals surface area contributed by atoms with E-state index in [1.165, 1.54) is 0 Å². The average Bonchev–Trinajstić information content (AvgIpc) is 2.34. The molecule has 0 aliphatic heterocycles. The van der Waals surface area contributed by atoms with Crippen LogP contribution < -0.4 is 16.4 Å². The molecular weight excluding hydrogens is 228 g/mol. The molecule has 0 spiro atoms. The molecule has 1 aromatic heterocycles. The van der Waals surface area contributed by atoms with Crippen molar-refractivity contribution in [2.75, 3.05) is 49.1 Å². The maximum Gasteiger partial charge on any atom is 0.223 e. The lowest BCUT2D eigenvalue weighted by atomic mass is 10.4. The van der Waals surface area contributed by atoms with Crippen molar-refractivity contribution in [2.45, 2.75) is 20.8 Å². The van der Waals surface area contributed by atoms with Crippen LogP contribution in [0.4, 0.5) is 17.6 Å². The molecular formula is C12H24N6. The van der Waals surface area contributed by atoms with Gasteiger partial charge in [-0.05, 0) is 20.0 Å². The average molecular weight is 252 g/mol. The van der Waals surface area contributed by atoms with Crippen LogP contribution in [0.15, 0.2) is 6.07 Å². The summed E-state index contributed by atoms with van der Waals surface area (Å²) in [5.41, 5.74) is 5.66. The summed E-state index contributed by atoms with van der Waals surface area (Å²) in [5, 5.41) is 6.40. The molecule has 0 atom stereocenters. The summed E-state index contributed by atoms with van der Waals surface area (Å²) in [5.74, 6) is 1.82. The zero-order chi connectivity index (χ0) is 13.4. The fraction of sp³-hybridized carbons (Fsp3) is 0.667. The lowest BCUT2D eigenvalue weighted by molar-refractivity contribution is 0.316. The number of anilines is 3. The molecule has 1 aromatic rings. The van der Waals surface area contributed by atoms with Crippen LogP contribution in [-0.2, 0) is 0 Å². The second-order valence-electron chi connectivity index (χ2n) is 3.98. The summed E-state index contributed by atoms with van der Waals surface area (Å²) in [6.07, 6.45) is 0. The van der Waals surface area contributed by atoms with Gasteiger partial charge in [-0.25, -0.2) is 0 Å². The summed E-state index contributed by atoms with van der Waals surface area (Å²) in [6.45, 7) is 11.1. The van der Waals surface area contributed by atoms with Gasteiger partial charge in [-0.15, -0.1) is 0 Å². The van der Waals surface area contributed by atoms with Crippen LogP contribution in [0.3, 0.4) is 0 Å². The van der Waals surface area contributed by atoms with E-state index in [1.807, 2.05) is 13.0 Å². The van der Waals surface area contributed by atoms with Gasteiger partial charge in [0.05, 0.1) is 0 Å². The Labute approximate surface area is 109 Å². The van der Waals surface area contributed by atoms with Gasteiger partial charge < -0.3 is 21.3 Å². The molecule has 0 saturated heterocycles. The smallest absolute Gasteiger partial charge is 0.223 e. The summed E-state index contributed by atoms with van der Waals surface area (Å²) in [7, 11) is 0. The summed E-state index contributed by atoms with van der Waals surface area (Å²) >= 11 is 0. The molecule has 0 aromatic carbocycles. The molecule has 4 N–H and O–H groups in total. The van der Waals surface area contributed by atoms with E-state index < -0.39 is 0 Å². The third kappa shape index (κ3) is 4.75. The molecule has 6 nitrogen and oxygen atoms in total. The van der Waals surface area contributed by atoms with Crippen molar-refractivity contribution in [1.82, 2.24) is 14.9 Å². The Balaban J connectivity index is 2.51. The van der Waals surface area contributed by atoms with Crippen LogP contribution in [0.5, 0.6) is 0 Å². The van der Waals surface area contributed by atoms with Gasteiger partial charge in [-0.2, -0.15) is 9.97 Å². The SMILES string of the molecule is CCNc1cc(NCCN(CC)CC)nc(N)n1. The molecule has 0 saturated carbocycles. The molecule has 0 unspecified atom stereocenters. The van der Waals surface area contributed by atoms with Crippen molar-refractivity contribution in [1.29, 1.82) is 0 Å². The van der Waals surface area contributed by atoms with Crippen molar-refractivity contribution in [3.05, 3.63) is 6.07 Å². The number of nitrogens with two attached hydrogens (primary N) is 1. The quantitative estimate of drug-likeness (QED) is 0.646. The molecule has 0 amide bonds. The monoisotopic (exact) mass is 252 g/mol. The number of aromatic nitrogens is 2. The molecule has 6 heteroatoms. The first-order valence-electron chi connectivity index (χ1n) is 6.54. The lowest BCUT2D eigenvalue weighted by Gasteiger charge is -2.18. The maximum atomic E-state index is 5.66. The summed E-state index contributed by atoms with van der Waals surface area (Å²) < 4.78 is 0. The molecule has 0 bridgehead atoms. The molecule has 0 aliphatic carbocycles. The molecule has 0 radical (unpaired) electrons. The van der Waals surface area contributed by atoms with Crippen LogP contribution in [0.25, 0.3) is 0 Å². The number of nitrogens with one attached hydrogen (secondary N) is 2. The third-order valence-electron chi connectivity index (χ3n) is 2.73. The van der Waals surface area contributed by atoms with Crippen molar-refractivity contribution in [3.63, 3.8) is 0 Å². The predicted molar refractivity (Wildman–Crippen MR) is 76.9 cm³/mol. The van der Waals surface area contributed by atoms with Gasteiger partial charge in [0.15, 0.2) is 0 Å². The van der Waals surface area contributed by atoms with Crippen LogP contribution >= 0.6 is 0 Å². The van der Waals surface area contributed by atoms with Crippen molar-refractivity contribution in [2.24, 2.45) is 0 Å². The molecule has 0 fully saturated rings. The normalized spacial score (nSPS) is 10.7. The Morgan fingerprint density at radius 1 is 1.11 bits per heavy atom. The number of hydrogen-bond acceptors (Lipinski definition) is 6. The van der Waals surface area contributed by atoms with Gasteiger partial charge in [-0.1, -0.05) is 13.8 Å². The fourth-order valence-electron chi connectivity index (χ4n) is 1.71. The van der Waals surface area contributed by atoms with Gasteiger partial charge >= 0.3 is 0 Å². The van der Waals surface area contributed by atoms with Crippen molar-refractivity contribution < 1.29 is 0 Å². The van der Waals surface area contributed by atoms with E-state index in [0.717, 1.165) is 44.4 Å². The molecule has 18 heavy (non-hydrogen) atoms. The van der Waals surface area contributed by atoms with Gasteiger partial charge in [0.2, 0.25) is 5.95 Å². The van der Waals surface area contributed by atoms with E-state index in [-0.39, 0.29) is 0 Å². The first-order valence-corrected chi connectivity index (χ1v) is 6.54. The van der Waals surface area contributed by atoms with Gasteiger partial charge in [0.1, 0.15) is 11.6 Å². The van der Waals surface area contributed by atoms with Gasteiger partial charge in [0, 0.05) is 25.7 Å². The molecule has 1 rings (SSSR count). The van der Waals surface area contributed by atoms with E-state index in [0.29, 0.717) is 5.95 Å². The summed E-state index contributed by atoms with van der Waals surface area (Å²) in [4.78, 5) is 10.6. The highest BCUT2D eigenvalue weighted by Gasteiger charge is 2.02. The van der Waals surface area contributed by atoms with Gasteiger partial charge in [0.25, 0.3) is 0 Å². The molecule has 1 heterocycles. The number of rotatable bonds is 8. The fourth-order valence-corrected chi connectivity index (χ4v) is 1.71. The largest absolute Gasteiger partial charge is 0.370 e. The van der Waals surface area contributed by atoms with E-state index >= 15 is 0 Å². The first kappa shape index (κ1) is 14.5. The van der Waals surface area contributed by atoms with Crippen molar-refractivity contribution >= 4 is 17.6 Å². The Kier molecular flexibility index (Phi) is 6.21. The molecule has 102 valence electrons. The Morgan fingerprint density at radius 3 is 2.28 bits per heavy atom. The van der Waals surface area contributed by atoms with Crippen LogP contribution in [0.1, 0.15) is 20.8 Å². The number of likely N-dealkylation sites (N-methyl/N-ethyl adjacent to an activating group) is 1. The van der Waals surface area contributed by atoms with Crippen LogP contribution in [-0.4, -0.2) is 47.6 Å². The number of nitrogen functional groups attached to an aromatic ring is 1. The minimum Gasteiger partial charge on any atom is -0.370 e. The maximum absolute atomic E-state index is 5.66. The zero-order valence-electron chi connectivity index (χ0n) is 11.5. The van der Waals surface area contributed by atoms with E-state index in [2.05, 4.69) is 39.3 Å². The van der Waals surface area contributed by atoms with E-state index in [1.54, 1.807) is 0 Å². The minimum absolute atomic E-state index is 0.291. The summed E-state index contributed by atoms with van der Waals surface area (Å²) in [6, 6.07) is 1.88. The van der Waals surface area contributed by atoms with Crippen LogP contribution in [0.2, 0.25) is 0 Å². The highest BCUT2D eigenvalue weighted by molar-refractivity contribution is 5.50. The van der Waals surface area contributed by atoms with Gasteiger partial charge in [-0.3, -0.25) is 0 Å². The van der Waals surface area contributed by atoms with Crippen LogP contribution in [0, 0.1) is 0 Å². The topological polar surface area (TPSA) is 79.1 Å². The third-order valence-corrected chi connectivity index (χ3v) is 2.73. The standard InChI is InChI=1S/C12H24N6/c1-4-14-10-9-11(17-12(13)16-10)15-7-8-18(5-2)6-3/h9H,4-8H2,1-3H3,(H4,13,14,15,16,17). The molecule has 0 aliphatic rings. The zero-order valence-corrected chi connectivity index (χ0v) is 11.5. The minimum atomic E-state index is 0.291. The second kappa shape index (κ2) is 7.71. The van der Waals surface area contributed by atoms with E-state index in [4.69, 9.17) is 5.73 Å². The second-order valence-corrected chi connectivity index (χ2v) is 3.98. The van der Waals surface area contributed by atoms with Crippen molar-refractivity contribution in [3.8, 4) is 0 Å². The Hall–Kier alpha value is -1.56. The lowest BCUT2D eigenvalue weighted by Crippen LogP contribution is -2.28. The first-order chi connectivity index (χ1) is 8.69. The highest BCUT2D eigenvalue weighted by atomic mass is 15.2. The highest BCUT2D eigenvalue weighted by Crippen LogP contribution is 2.11. The number of hydrogen-bond donors (Lipinski definition) is 3. The van der Waals surface area contributed by atoms with E-state index in [9.17, 15) is 0 Å². The predicted octanol–water partition coefficient (Wildman–Crippen LogP) is 1.24. The Morgan fingerprint density at radius 2 is 1.72 bits per heavy atom. The number of nitrogens with zero attached hydrogens (tertiary/aromatic N) is 3.